The molecule has 2 aliphatic heterocycles. The van der Waals surface area contributed by atoms with Crippen LogP contribution in [0, 0.1) is 29.1 Å². The highest BCUT2D eigenvalue weighted by atomic mass is 16.5. The summed E-state index contributed by atoms with van der Waals surface area (Å²) < 4.78 is 4.88. The summed E-state index contributed by atoms with van der Waals surface area (Å²) in [5, 5.41) is 17.1. The maximum Gasteiger partial charge on any atom is 0.407 e. The third-order valence-electron chi connectivity index (χ3n) is 7.64. The van der Waals surface area contributed by atoms with Crippen molar-refractivity contribution in [3.63, 3.8) is 0 Å². The van der Waals surface area contributed by atoms with Gasteiger partial charge in [-0.3, -0.25) is 0 Å². The SMILES string of the molecule is COC(=O)NC1CCCC1C(C#N)(c1ccccc1)C1CCN(CC2CNC2)CC1. The average Bonchev–Trinajstić information content (AvgIpc) is 3.22. The molecule has 6 heteroatoms. The van der Waals surface area contributed by atoms with Crippen LogP contribution in [0.2, 0.25) is 0 Å². The zero-order chi connectivity index (χ0) is 21.0. The molecule has 3 fully saturated rings. The molecule has 1 aromatic rings. The van der Waals surface area contributed by atoms with E-state index in [1.807, 2.05) is 18.2 Å². The molecule has 0 bridgehead atoms. The average molecular weight is 411 g/mol. The molecule has 1 amide bonds. The minimum atomic E-state index is -0.576. The van der Waals surface area contributed by atoms with Gasteiger partial charge in [0.2, 0.25) is 0 Å². The Hall–Kier alpha value is -2.10. The molecule has 0 aromatic heterocycles. The quantitative estimate of drug-likeness (QED) is 0.754. The van der Waals surface area contributed by atoms with E-state index >= 15 is 0 Å². The highest BCUT2D eigenvalue weighted by Crippen LogP contribution is 2.50. The van der Waals surface area contributed by atoms with Gasteiger partial charge in [-0.2, -0.15) is 5.26 Å². The van der Waals surface area contributed by atoms with Crippen LogP contribution < -0.4 is 10.6 Å². The zero-order valence-corrected chi connectivity index (χ0v) is 18.0. The normalized spacial score (nSPS) is 27.6. The molecule has 30 heavy (non-hydrogen) atoms. The summed E-state index contributed by atoms with van der Waals surface area (Å²) in [6, 6.07) is 13.1. The van der Waals surface area contributed by atoms with Gasteiger partial charge in [-0.1, -0.05) is 36.8 Å². The van der Waals surface area contributed by atoms with Crippen LogP contribution in [0.3, 0.4) is 0 Å². The Morgan fingerprint density at radius 3 is 2.57 bits per heavy atom. The maximum atomic E-state index is 12.0. The molecule has 162 valence electrons. The Morgan fingerprint density at radius 2 is 1.97 bits per heavy atom. The van der Waals surface area contributed by atoms with Crippen molar-refractivity contribution in [2.45, 2.75) is 43.6 Å². The van der Waals surface area contributed by atoms with Gasteiger partial charge >= 0.3 is 6.09 Å². The number of carbonyl (C=O) groups is 1. The van der Waals surface area contributed by atoms with Crippen LogP contribution in [0.15, 0.2) is 30.3 Å². The summed E-state index contributed by atoms with van der Waals surface area (Å²) in [6.07, 6.45) is 4.57. The summed E-state index contributed by atoms with van der Waals surface area (Å²) in [4.78, 5) is 14.6. The van der Waals surface area contributed by atoms with Crippen LogP contribution in [0.1, 0.15) is 37.7 Å². The molecule has 2 saturated heterocycles. The summed E-state index contributed by atoms with van der Waals surface area (Å²) in [5.74, 6) is 1.18. The topological polar surface area (TPSA) is 77.4 Å². The zero-order valence-electron chi connectivity index (χ0n) is 18.0. The smallest absolute Gasteiger partial charge is 0.407 e. The third kappa shape index (κ3) is 4.06. The molecule has 3 unspecified atom stereocenters. The highest BCUT2D eigenvalue weighted by molar-refractivity contribution is 5.67. The molecular weight excluding hydrogens is 376 g/mol. The Labute approximate surface area is 180 Å². The molecule has 1 aromatic carbocycles. The van der Waals surface area contributed by atoms with E-state index in [0.29, 0.717) is 5.92 Å². The maximum absolute atomic E-state index is 12.0. The van der Waals surface area contributed by atoms with Crippen LogP contribution >= 0.6 is 0 Å². The Balaban J connectivity index is 1.58. The summed E-state index contributed by atoms with van der Waals surface area (Å²) in [7, 11) is 1.40. The molecule has 3 atom stereocenters. The first-order valence-electron chi connectivity index (χ1n) is 11.4. The van der Waals surface area contributed by atoms with E-state index in [4.69, 9.17) is 4.74 Å². The van der Waals surface area contributed by atoms with Crippen molar-refractivity contribution < 1.29 is 9.53 Å². The molecule has 1 saturated carbocycles. The van der Waals surface area contributed by atoms with Crippen molar-refractivity contribution in [3.8, 4) is 6.07 Å². The number of carbonyl (C=O) groups excluding carboxylic acids is 1. The first kappa shape index (κ1) is 21.1. The minimum Gasteiger partial charge on any atom is -0.453 e. The van der Waals surface area contributed by atoms with Crippen LogP contribution in [0.4, 0.5) is 4.79 Å². The van der Waals surface area contributed by atoms with E-state index < -0.39 is 11.5 Å². The summed E-state index contributed by atoms with van der Waals surface area (Å²) in [6.45, 7) is 5.54. The second-order valence-corrected chi connectivity index (χ2v) is 9.23. The van der Waals surface area contributed by atoms with Gasteiger partial charge in [0.05, 0.1) is 18.6 Å². The number of amides is 1. The lowest BCUT2D eigenvalue weighted by Gasteiger charge is -2.46. The van der Waals surface area contributed by atoms with Gasteiger partial charge in [0.1, 0.15) is 0 Å². The number of benzene rings is 1. The number of ether oxygens (including phenoxy) is 1. The van der Waals surface area contributed by atoms with Crippen molar-refractivity contribution in [2.75, 3.05) is 39.8 Å². The lowest BCUT2D eigenvalue weighted by Crippen LogP contribution is -2.54. The third-order valence-corrected chi connectivity index (χ3v) is 7.64. The fraction of sp³-hybridized carbons (Fsp3) is 0.667. The van der Waals surface area contributed by atoms with Crippen molar-refractivity contribution in [3.05, 3.63) is 35.9 Å². The van der Waals surface area contributed by atoms with Gasteiger partial charge in [-0.05, 0) is 56.2 Å². The van der Waals surface area contributed by atoms with E-state index in [-0.39, 0.29) is 12.0 Å². The van der Waals surface area contributed by atoms with E-state index in [1.54, 1.807) is 0 Å². The number of hydrogen-bond donors (Lipinski definition) is 2. The predicted molar refractivity (Wildman–Crippen MR) is 116 cm³/mol. The molecule has 2 heterocycles. The summed E-state index contributed by atoms with van der Waals surface area (Å²) >= 11 is 0. The molecule has 0 radical (unpaired) electrons. The number of likely N-dealkylation sites (tertiary alicyclic amines) is 1. The first-order chi connectivity index (χ1) is 14.7. The molecule has 2 N–H and O–H groups in total. The van der Waals surface area contributed by atoms with E-state index in [1.165, 1.54) is 13.7 Å². The van der Waals surface area contributed by atoms with Gasteiger partial charge in [-0.25, -0.2) is 4.79 Å². The molecule has 6 nitrogen and oxygen atoms in total. The monoisotopic (exact) mass is 410 g/mol. The lowest BCUT2D eigenvalue weighted by molar-refractivity contribution is 0.0906. The fourth-order valence-electron chi connectivity index (χ4n) is 6.01. The van der Waals surface area contributed by atoms with Gasteiger partial charge < -0.3 is 20.3 Å². The Morgan fingerprint density at radius 1 is 1.23 bits per heavy atom. The second kappa shape index (κ2) is 9.36. The van der Waals surface area contributed by atoms with Crippen molar-refractivity contribution in [2.24, 2.45) is 17.8 Å². The van der Waals surface area contributed by atoms with Crippen molar-refractivity contribution in [1.82, 2.24) is 15.5 Å². The van der Waals surface area contributed by atoms with Gasteiger partial charge in [0.25, 0.3) is 0 Å². The number of alkyl carbamates (subject to hydrolysis) is 1. The van der Waals surface area contributed by atoms with Crippen molar-refractivity contribution >= 4 is 6.09 Å². The number of rotatable bonds is 6. The van der Waals surface area contributed by atoms with Gasteiger partial charge in [0, 0.05) is 31.6 Å². The Kier molecular flexibility index (Phi) is 6.60. The first-order valence-corrected chi connectivity index (χ1v) is 11.4. The lowest BCUT2D eigenvalue weighted by atomic mass is 9.59. The van der Waals surface area contributed by atoms with E-state index in [0.717, 1.165) is 69.8 Å². The van der Waals surface area contributed by atoms with Crippen LogP contribution in [0.5, 0.6) is 0 Å². The Bertz CT molecular complexity index is 752. The number of methoxy groups -OCH3 is 1. The number of nitriles is 1. The molecular formula is C24H34N4O2. The number of nitrogens with one attached hydrogen (secondary N) is 2. The fourth-order valence-corrected chi connectivity index (χ4v) is 6.01. The van der Waals surface area contributed by atoms with Gasteiger partial charge in [0.15, 0.2) is 0 Å². The predicted octanol–water partition coefficient (Wildman–Crippen LogP) is 2.90. The van der Waals surface area contributed by atoms with E-state index in [2.05, 4.69) is 33.7 Å². The second-order valence-electron chi connectivity index (χ2n) is 9.23. The number of piperidine rings is 1. The summed E-state index contributed by atoms with van der Waals surface area (Å²) in [5.41, 5.74) is 0.533. The molecule has 4 rings (SSSR count). The number of nitrogens with zero attached hydrogens (tertiary/aromatic N) is 2. The molecule has 3 aliphatic rings. The van der Waals surface area contributed by atoms with Crippen LogP contribution in [-0.2, 0) is 10.2 Å². The van der Waals surface area contributed by atoms with Crippen LogP contribution in [0.25, 0.3) is 0 Å². The minimum absolute atomic E-state index is 0.0172. The highest BCUT2D eigenvalue weighted by Gasteiger charge is 2.52. The number of hydrogen-bond acceptors (Lipinski definition) is 5. The largest absolute Gasteiger partial charge is 0.453 e. The van der Waals surface area contributed by atoms with Crippen molar-refractivity contribution in [1.29, 1.82) is 5.26 Å². The van der Waals surface area contributed by atoms with Crippen LogP contribution in [-0.4, -0.2) is 56.9 Å². The molecule has 1 aliphatic carbocycles. The standard InChI is InChI=1S/C24H34N4O2/c1-30-23(29)27-22-9-5-8-21(22)24(17-25,19-6-3-2-4-7-19)20-10-12-28(13-11-20)16-18-14-26-15-18/h2-4,6-7,18,20-22,26H,5,8-16H2,1H3,(H,27,29). The molecule has 0 spiro atoms. The van der Waals surface area contributed by atoms with Gasteiger partial charge in [-0.15, -0.1) is 0 Å². The van der Waals surface area contributed by atoms with E-state index in [9.17, 15) is 10.1 Å².